The average molecular weight is 82.1 g/mol. The Morgan fingerprint density at radius 1 is 1.83 bits per heavy atom. The Hall–Kier alpha value is -0.770. The molecule has 0 aromatic heterocycles. The zero-order chi connectivity index (χ0) is 4.83. The van der Waals surface area contributed by atoms with Crippen LogP contribution in [-0.2, 0) is 4.79 Å². The van der Waals surface area contributed by atoms with Gasteiger partial charge in [-0.05, 0) is 5.92 Å². The number of carbonyl (C=O) groups excluding carboxylic acids is 1. The first-order valence-electron chi connectivity index (χ1n) is 1.84. The Morgan fingerprint density at radius 3 is 2.67 bits per heavy atom. The van der Waals surface area contributed by atoms with E-state index in [1.54, 1.807) is 0 Å². The quantitative estimate of drug-likeness (QED) is 0.309. The molecule has 0 amide bonds. The van der Waals surface area contributed by atoms with E-state index in [1.165, 1.54) is 0 Å². The highest BCUT2D eigenvalue weighted by atomic mass is 16.1. The summed E-state index contributed by atoms with van der Waals surface area (Å²) in [5.74, 6) is 4.85. The van der Waals surface area contributed by atoms with Crippen molar-refractivity contribution in [3.8, 4) is 11.8 Å². The first-order chi connectivity index (χ1) is 2.91. The molecule has 0 aromatic carbocycles. The number of hydrogen-bond donors (Lipinski definition) is 0. The Morgan fingerprint density at radius 2 is 2.50 bits per heavy atom. The first kappa shape index (κ1) is 5.23. The van der Waals surface area contributed by atoms with Crippen molar-refractivity contribution >= 4 is 6.29 Å². The molecule has 0 heterocycles. The highest BCUT2D eigenvalue weighted by Crippen LogP contribution is 1.61. The molecule has 1 heteroatoms. The fourth-order valence-electron chi connectivity index (χ4n) is 0.144. The first-order valence-corrected chi connectivity index (χ1v) is 1.84. The third kappa shape index (κ3) is 3.23. The Balaban J connectivity index is 3.13. The molecule has 0 aromatic rings. The van der Waals surface area contributed by atoms with Crippen LogP contribution < -0.4 is 0 Å². The lowest BCUT2D eigenvalue weighted by Crippen LogP contribution is -1.56. The van der Waals surface area contributed by atoms with Crippen LogP contribution in [0.25, 0.3) is 0 Å². The minimum Gasteiger partial charge on any atom is -0.289 e. The van der Waals surface area contributed by atoms with Crippen LogP contribution in [0.5, 0.6) is 0 Å². The van der Waals surface area contributed by atoms with Gasteiger partial charge in [0.25, 0.3) is 0 Å². The van der Waals surface area contributed by atoms with E-state index < -0.39 is 0 Å². The fraction of sp³-hybridized carbons (Fsp3) is 0.400. The smallest absolute Gasteiger partial charge is 0.192 e. The van der Waals surface area contributed by atoms with Crippen LogP contribution in [-0.4, -0.2) is 6.29 Å². The van der Waals surface area contributed by atoms with Crippen molar-refractivity contribution in [1.29, 1.82) is 0 Å². The van der Waals surface area contributed by atoms with Crippen LogP contribution in [0.1, 0.15) is 13.3 Å². The summed E-state index contributed by atoms with van der Waals surface area (Å²) in [6.45, 7) is 1.90. The van der Waals surface area contributed by atoms with Crippen LogP contribution in [0.2, 0.25) is 0 Å². The van der Waals surface area contributed by atoms with Gasteiger partial charge in [-0.3, -0.25) is 4.79 Å². The zero-order valence-corrected chi connectivity index (χ0v) is 3.69. The van der Waals surface area contributed by atoms with Gasteiger partial charge in [0.05, 0.1) is 0 Å². The van der Waals surface area contributed by atoms with E-state index in [9.17, 15) is 4.79 Å². The molecule has 0 saturated heterocycles. The van der Waals surface area contributed by atoms with Gasteiger partial charge in [-0.25, -0.2) is 0 Å². The monoisotopic (exact) mass is 82.0 g/mol. The molecule has 0 saturated carbocycles. The Labute approximate surface area is 37.4 Å². The Bertz CT molecular complexity index is 83.8. The maximum absolute atomic E-state index is 9.39. The van der Waals surface area contributed by atoms with E-state index in [4.69, 9.17) is 0 Å². The van der Waals surface area contributed by atoms with Gasteiger partial charge in [-0.2, -0.15) is 0 Å². The van der Waals surface area contributed by atoms with Gasteiger partial charge in [-0.1, -0.05) is 12.8 Å². The lowest BCUT2D eigenvalue weighted by atomic mass is 10.5. The van der Waals surface area contributed by atoms with Crippen molar-refractivity contribution in [2.24, 2.45) is 0 Å². The summed E-state index contributed by atoms with van der Waals surface area (Å²) in [6, 6.07) is 0. The normalized spacial score (nSPS) is 5.50. The summed E-state index contributed by atoms with van der Waals surface area (Å²) in [6.07, 6.45) is 1.36. The lowest BCUT2D eigenvalue weighted by molar-refractivity contribution is -0.103. The van der Waals surface area contributed by atoms with Gasteiger partial charge in [0, 0.05) is 6.42 Å². The molecule has 0 N–H and O–H groups in total. The molecule has 6 heavy (non-hydrogen) atoms. The minimum absolute atomic E-state index is 0.601. The molecule has 0 aliphatic rings. The molecule has 0 rings (SSSR count). The average Bonchev–Trinajstić information content (AvgIpc) is 1.61. The predicted molar refractivity (Wildman–Crippen MR) is 24.1 cm³/mol. The topological polar surface area (TPSA) is 17.1 Å². The second kappa shape index (κ2) is 4.23. The molecular weight excluding hydrogens is 76.1 g/mol. The van der Waals surface area contributed by atoms with E-state index in [0.29, 0.717) is 6.29 Å². The van der Waals surface area contributed by atoms with E-state index in [1.807, 2.05) is 6.92 Å². The molecule has 0 aliphatic carbocycles. The largest absolute Gasteiger partial charge is 0.289 e. The SMILES string of the molecule is CCC#CC=O. The number of rotatable bonds is 0. The van der Waals surface area contributed by atoms with E-state index in [0.717, 1.165) is 6.42 Å². The molecule has 0 unspecified atom stereocenters. The van der Waals surface area contributed by atoms with Crippen molar-refractivity contribution in [3.63, 3.8) is 0 Å². The van der Waals surface area contributed by atoms with Crippen molar-refractivity contribution in [1.82, 2.24) is 0 Å². The predicted octanol–water partition coefficient (Wildman–Crippen LogP) is 0.599. The standard InChI is InChI=1S/C5H6O/c1-2-3-4-5-6/h5H,2H2,1H3. The van der Waals surface area contributed by atoms with E-state index in [2.05, 4.69) is 11.8 Å². The van der Waals surface area contributed by atoms with Crippen LogP contribution in [0.15, 0.2) is 0 Å². The maximum Gasteiger partial charge on any atom is 0.192 e. The van der Waals surface area contributed by atoms with Gasteiger partial charge in [0.2, 0.25) is 0 Å². The number of carbonyl (C=O) groups is 1. The summed E-state index contributed by atoms with van der Waals surface area (Å²) in [4.78, 5) is 9.39. The summed E-state index contributed by atoms with van der Waals surface area (Å²) in [5, 5.41) is 0. The summed E-state index contributed by atoms with van der Waals surface area (Å²) in [7, 11) is 0. The fourth-order valence-corrected chi connectivity index (χ4v) is 0.144. The second-order valence-corrected chi connectivity index (χ2v) is 0.793. The molecule has 32 valence electrons. The molecule has 0 atom stereocenters. The van der Waals surface area contributed by atoms with Gasteiger partial charge in [0.15, 0.2) is 6.29 Å². The van der Waals surface area contributed by atoms with Gasteiger partial charge in [-0.15, -0.1) is 0 Å². The highest BCUT2D eigenvalue weighted by Gasteiger charge is 1.54. The summed E-state index contributed by atoms with van der Waals surface area (Å²) in [5.41, 5.74) is 0. The molecule has 0 aliphatic heterocycles. The Kier molecular flexibility index (Phi) is 3.69. The van der Waals surface area contributed by atoms with Crippen LogP contribution in [0, 0.1) is 11.8 Å². The van der Waals surface area contributed by atoms with E-state index >= 15 is 0 Å². The number of aldehydes is 1. The molecular formula is C5H6O. The lowest BCUT2D eigenvalue weighted by Gasteiger charge is -1.58. The third-order valence-corrected chi connectivity index (χ3v) is 0.338. The molecule has 0 spiro atoms. The van der Waals surface area contributed by atoms with Crippen molar-refractivity contribution < 1.29 is 4.79 Å². The summed E-state index contributed by atoms with van der Waals surface area (Å²) < 4.78 is 0. The zero-order valence-electron chi connectivity index (χ0n) is 3.69. The van der Waals surface area contributed by atoms with Crippen molar-refractivity contribution in [2.45, 2.75) is 13.3 Å². The highest BCUT2D eigenvalue weighted by molar-refractivity contribution is 5.72. The minimum atomic E-state index is 0.601. The van der Waals surface area contributed by atoms with Crippen molar-refractivity contribution in [3.05, 3.63) is 0 Å². The van der Waals surface area contributed by atoms with Gasteiger partial charge >= 0.3 is 0 Å². The molecule has 1 nitrogen and oxygen atoms in total. The van der Waals surface area contributed by atoms with Crippen LogP contribution in [0.3, 0.4) is 0 Å². The molecule has 0 fully saturated rings. The second-order valence-electron chi connectivity index (χ2n) is 0.793. The van der Waals surface area contributed by atoms with Crippen LogP contribution >= 0.6 is 0 Å². The summed E-state index contributed by atoms with van der Waals surface area (Å²) >= 11 is 0. The molecule has 0 bridgehead atoms. The van der Waals surface area contributed by atoms with Crippen molar-refractivity contribution in [2.75, 3.05) is 0 Å². The van der Waals surface area contributed by atoms with Gasteiger partial charge < -0.3 is 0 Å². The van der Waals surface area contributed by atoms with E-state index in [-0.39, 0.29) is 0 Å². The third-order valence-electron chi connectivity index (χ3n) is 0.338. The maximum atomic E-state index is 9.39. The molecule has 0 radical (unpaired) electrons. The van der Waals surface area contributed by atoms with Gasteiger partial charge in [0.1, 0.15) is 0 Å². The number of hydrogen-bond acceptors (Lipinski definition) is 1. The van der Waals surface area contributed by atoms with Crippen LogP contribution in [0.4, 0.5) is 0 Å².